The number of aromatic nitrogens is 2. The molecule has 2 aromatic heterocycles. The highest BCUT2D eigenvalue weighted by Crippen LogP contribution is 2.24. The van der Waals surface area contributed by atoms with Crippen LogP contribution in [0.25, 0.3) is 0 Å². The lowest BCUT2D eigenvalue weighted by molar-refractivity contribution is 0.0736. The molecule has 0 saturated carbocycles. The lowest BCUT2D eigenvalue weighted by Crippen LogP contribution is -2.29. The monoisotopic (exact) mass is 375 g/mol. The van der Waals surface area contributed by atoms with Gasteiger partial charge in [-0.05, 0) is 26.0 Å². The number of ether oxygens (including phenoxy) is 1. The molecule has 2 heterocycles. The van der Waals surface area contributed by atoms with Crippen LogP contribution in [0.5, 0.6) is 5.75 Å². The van der Waals surface area contributed by atoms with Crippen LogP contribution in [0, 0.1) is 12.7 Å². The summed E-state index contributed by atoms with van der Waals surface area (Å²) in [4.78, 5) is 22.7. The Kier molecular flexibility index (Phi) is 5.32. The van der Waals surface area contributed by atoms with Gasteiger partial charge in [0.2, 0.25) is 5.89 Å². The van der Waals surface area contributed by atoms with Crippen LogP contribution >= 0.6 is 11.3 Å². The lowest BCUT2D eigenvalue weighted by atomic mass is 10.3. The number of benzene rings is 1. The number of carbonyl (C=O) groups is 1. The Labute approximate surface area is 154 Å². The van der Waals surface area contributed by atoms with Gasteiger partial charge in [-0.2, -0.15) is 0 Å². The summed E-state index contributed by atoms with van der Waals surface area (Å²) in [6.07, 6.45) is 1.28. The van der Waals surface area contributed by atoms with Gasteiger partial charge in [0.1, 0.15) is 11.3 Å². The molecule has 0 fully saturated rings. The number of carbonyl (C=O) groups excluding carboxylic acids is 1. The number of nitrogens with zero attached hydrogens (tertiary/aromatic N) is 3. The van der Waals surface area contributed by atoms with Gasteiger partial charge in [0.05, 0.1) is 6.04 Å². The van der Waals surface area contributed by atoms with E-state index in [9.17, 15) is 9.18 Å². The van der Waals surface area contributed by atoms with Gasteiger partial charge in [-0.15, -0.1) is 11.3 Å². The number of para-hydroxylation sites is 1. The predicted molar refractivity (Wildman–Crippen MR) is 94.6 cm³/mol. The van der Waals surface area contributed by atoms with E-state index in [0.717, 1.165) is 10.7 Å². The molecule has 1 atom stereocenters. The molecule has 6 nitrogen and oxygen atoms in total. The van der Waals surface area contributed by atoms with E-state index in [4.69, 9.17) is 9.15 Å². The van der Waals surface area contributed by atoms with Crippen LogP contribution in [0.2, 0.25) is 0 Å². The summed E-state index contributed by atoms with van der Waals surface area (Å²) >= 11 is 1.51. The molecule has 0 spiro atoms. The number of hydrogen-bond acceptors (Lipinski definition) is 6. The van der Waals surface area contributed by atoms with E-state index in [-0.39, 0.29) is 35.9 Å². The Morgan fingerprint density at radius 1 is 1.38 bits per heavy atom. The fraction of sp³-hybridized carbons (Fsp3) is 0.278. The van der Waals surface area contributed by atoms with Crippen molar-refractivity contribution in [2.45, 2.75) is 26.5 Å². The first-order chi connectivity index (χ1) is 12.5. The van der Waals surface area contributed by atoms with Crippen LogP contribution < -0.4 is 4.74 Å². The highest BCUT2D eigenvalue weighted by molar-refractivity contribution is 7.09. The quantitative estimate of drug-likeness (QED) is 0.652. The molecular weight excluding hydrogens is 357 g/mol. The maximum absolute atomic E-state index is 13.5. The Morgan fingerprint density at radius 3 is 2.85 bits per heavy atom. The van der Waals surface area contributed by atoms with Crippen molar-refractivity contribution in [2.75, 3.05) is 7.05 Å². The standard InChI is InChI=1S/C18H18FN3O3S/c1-11-10-26-17(20-11)12(2)22(3)18(23)14-8-25-16(21-14)9-24-15-7-5-4-6-13(15)19/h4-8,10,12H,9H2,1-3H3. The molecule has 26 heavy (non-hydrogen) atoms. The van der Waals surface area contributed by atoms with E-state index in [1.807, 2.05) is 19.2 Å². The van der Waals surface area contributed by atoms with E-state index >= 15 is 0 Å². The number of halogens is 1. The van der Waals surface area contributed by atoms with Crippen LogP contribution in [0.15, 0.2) is 40.3 Å². The fourth-order valence-corrected chi connectivity index (χ4v) is 3.16. The number of amides is 1. The largest absolute Gasteiger partial charge is 0.481 e. The third-order valence-corrected chi connectivity index (χ3v) is 4.99. The first-order valence-corrected chi connectivity index (χ1v) is 8.84. The second-order valence-electron chi connectivity index (χ2n) is 5.76. The average molecular weight is 375 g/mol. The van der Waals surface area contributed by atoms with E-state index in [2.05, 4.69) is 9.97 Å². The summed E-state index contributed by atoms with van der Waals surface area (Å²) in [5, 5.41) is 2.79. The molecule has 0 aliphatic rings. The first kappa shape index (κ1) is 18.1. The number of aryl methyl sites for hydroxylation is 1. The Hall–Kier alpha value is -2.74. The third kappa shape index (κ3) is 3.91. The third-order valence-electron chi connectivity index (χ3n) is 3.85. The minimum Gasteiger partial charge on any atom is -0.481 e. The van der Waals surface area contributed by atoms with E-state index in [1.54, 1.807) is 24.1 Å². The summed E-state index contributed by atoms with van der Waals surface area (Å²) in [6, 6.07) is 5.87. The molecule has 1 amide bonds. The van der Waals surface area contributed by atoms with Crippen molar-refractivity contribution in [3.05, 3.63) is 64.0 Å². The van der Waals surface area contributed by atoms with Gasteiger partial charge in [-0.25, -0.2) is 14.4 Å². The van der Waals surface area contributed by atoms with Crippen molar-refractivity contribution in [2.24, 2.45) is 0 Å². The van der Waals surface area contributed by atoms with Gasteiger partial charge in [-0.1, -0.05) is 12.1 Å². The van der Waals surface area contributed by atoms with E-state index in [1.165, 1.54) is 29.7 Å². The van der Waals surface area contributed by atoms with Crippen molar-refractivity contribution in [1.82, 2.24) is 14.9 Å². The Morgan fingerprint density at radius 2 is 2.15 bits per heavy atom. The van der Waals surface area contributed by atoms with E-state index in [0.29, 0.717) is 0 Å². The predicted octanol–water partition coefficient (Wildman–Crippen LogP) is 3.99. The summed E-state index contributed by atoms with van der Waals surface area (Å²) in [6.45, 7) is 3.74. The van der Waals surface area contributed by atoms with E-state index < -0.39 is 5.82 Å². The molecule has 0 bridgehead atoms. The molecule has 0 radical (unpaired) electrons. The second kappa shape index (κ2) is 7.65. The van der Waals surface area contributed by atoms with Crippen LogP contribution in [0.4, 0.5) is 4.39 Å². The maximum atomic E-state index is 13.5. The molecule has 0 aliphatic carbocycles. The summed E-state index contributed by atoms with van der Waals surface area (Å²) < 4.78 is 24.1. The number of thiazole rings is 1. The van der Waals surface area contributed by atoms with Crippen LogP contribution in [0.1, 0.15) is 40.0 Å². The zero-order chi connectivity index (χ0) is 18.7. The first-order valence-electron chi connectivity index (χ1n) is 7.96. The molecular formula is C18H18FN3O3S. The molecule has 1 aromatic carbocycles. The van der Waals surface area contributed by atoms with Gasteiger partial charge in [0.15, 0.2) is 23.9 Å². The van der Waals surface area contributed by atoms with Crippen molar-refractivity contribution in [3.63, 3.8) is 0 Å². The smallest absolute Gasteiger partial charge is 0.276 e. The number of hydrogen-bond donors (Lipinski definition) is 0. The maximum Gasteiger partial charge on any atom is 0.276 e. The summed E-state index contributed by atoms with van der Waals surface area (Å²) in [7, 11) is 1.69. The number of rotatable bonds is 6. The topological polar surface area (TPSA) is 68.5 Å². The van der Waals surface area contributed by atoms with Crippen molar-refractivity contribution >= 4 is 17.2 Å². The summed E-state index contributed by atoms with van der Waals surface area (Å²) in [5.74, 6) is -0.458. The van der Waals surface area contributed by atoms with Crippen molar-refractivity contribution in [1.29, 1.82) is 0 Å². The summed E-state index contributed by atoms with van der Waals surface area (Å²) in [5.41, 5.74) is 1.09. The average Bonchev–Trinajstić information content (AvgIpc) is 3.28. The highest BCUT2D eigenvalue weighted by atomic mass is 32.1. The second-order valence-corrected chi connectivity index (χ2v) is 6.65. The van der Waals surface area contributed by atoms with Crippen molar-refractivity contribution in [3.8, 4) is 5.75 Å². The molecule has 8 heteroatoms. The fourth-order valence-electron chi connectivity index (χ4n) is 2.26. The molecule has 0 saturated heterocycles. The van der Waals surface area contributed by atoms with Crippen molar-refractivity contribution < 1.29 is 18.3 Å². The van der Waals surface area contributed by atoms with Gasteiger partial charge >= 0.3 is 0 Å². The normalized spacial score (nSPS) is 12.0. The Bertz CT molecular complexity index is 908. The molecule has 136 valence electrons. The SMILES string of the molecule is Cc1csc(C(C)N(C)C(=O)c2coc(COc3ccccc3F)n2)n1. The van der Waals surface area contributed by atoms with Crippen LogP contribution in [0.3, 0.4) is 0 Å². The zero-order valence-electron chi connectivity index (χ0n) is 14.6. The molecule has 3 rings (SSSR count). The van der Waals surface area contributed by atoms with Crippen LogP contribution in [-0.2, 0) is 6.61 Å². The minimum absolute atomic E-state index is 0.0703. The van der Waals surface area contributed by atoms with Gasteiger partial charge < -0.3 is 14.1 Å². The molecule has 0 aliphatic heterocycles. The zero-order valence-corrected chi connectivity index (χ0v) is 15.4. The van der Waals surface area contributed by atoms with Gasteiger partial charge in [0.25, 0.3) is 5.91 Å². The lowest BCUT2D eigenvalue weighted by Gasteiger charge is -2.22. The highest BCUT2D eigenvalue weighted by Gasteiger charge is 2.23. The van der Waals surface area contributed by atoms with Gasteiger partial charge in [0, 0.05) is 18.1 Å². The minimum atomic E-state index is -0.470. The molecule has 1 unspecified atom stereocenters. The molecule has 0 N–H and O–H groups in total. The van der Waals surface area contributed by atoms with Gasteiger partial charge in [-0.3, -0.25) is 4.79 Å². The molecule has 3 aromatic rings. The Balaban J connectivity index is 1.65. The number of oxazole rings is 1. The van der Waals surface area contributed by atoms with Crippen LogP contribution in [-0.4, -0.2) is 27.8 Å².